The van der Waals surface area contributed by atoms with Gasteiger partial charge in [-0.3, -0.25) is 4.79 Å². The van der Waals surface area contributed by atoms with E-state index in [0.717, 1.165) is 19.3 Å². The van der Waals surface area contributed by atoms with E-state index in [0.29, 0.717) is 18.5 Å². The molecule has 1 aromatic rings. The summed E-state index contributed by atoms with van der Waals surface area (Å²) in [7, 11) is 0. The Morgan fingerprint density at radius 1 is 1.47 bits per heavy atom. The van der Waals surface area contributed by atoms with Crippen molar-refractivity contribution in [1.29, 1.82) is 0 Å². The van der Waals surface area contributed by atoms with Crippen LogP contribution < -0.4 is 0 Å². The molecule has 1 fully saturated rings. The van der Waals surface area contributed by atoms with Crippen molar-refractivity contribution in [3.63, 3.8) is 0 Å². The van der Waals surface area contributed by atoms with E-state index in [-0.39, 0.29) is 23.6 Å². The Bertz CT molecular complexity index is 463. The normalized spacial score (nSPS) is 15.1. The minimum absolute atomic E-state index is 0.0158. The SMILES string of the molecule is O=C(c1ccc(Cl)c(F)c1)N(CCCO)C1CCC1. The van der Waals surface area contributed by atoms with E-state index in [4.69, 9.17) is 16.7 Å². The van der Waals surface area contributed by atoms with Crippen LogP contribution in [0.2, 0.25) is 5.02 Å². The summed E-state index contributed by atoms with van der Waals surface area (Å²) in [5, 5.41) is 8.92. The smallest absolute Gasteiger partial charge is 0.254 e. The van der Waals surface area contributed by atoms with Gasteiger partial charge in [-0.25, -0.2) is 4.39 Å². The maximum atomic E-state index is 13.4. The Balaban J connectivity index is 2.15. The lowest BCUT2D eigenvalue weighted by atomic mass is 9.90. The third kappa shape index (κ3) is 3.25. The Labute approximate surface area is 117 Å². The van der Waals surface area contributed by atoms with Crippen LogP contribution in [0, 0.1) is 5.82 Å². The Morgan fingerprint density at radius 3 is 2.74 bits per heavy atom. The van der Waals surface area contributed by atoms with Crippen molar-refractivity contribution in [3.8, 4) is 0 Å². The fraction of sp³-hybridized carbons (Fsp3) is 0.500. The van der Waals surface area contributed by atoms with E-state index < -0.39 is 5.82 Å². The molecule has 0 unspecified atom stereocenters. The molecule has 0 saturated heterocycles. The summed E-state index contributed by atoms with van der Waals surface area (Å²) in [6, 6.07) is 4.33. The number of benzene rings is 1. The highest BCUT2D eigenvalue weighted by molar-refractivity contribution is 6.30. The Kier molecular flexibility index (Phi) is 4.77. The average Bonchev–Trinajstić information content (AvgIpc) is 2.34. The highest BCUT2D eigenvalue weighted by Gasteiger charge is 2.29. The molecule has 1 N–H and O–H groups in total. The summed E-state index contributed by atoms with van der Waals surface area (Å²) in [5.74, 6) is -0.767. The molecule has 19 heavy (non-hydrogen) atoms. The first kappa shape index (κ1) is 14.3. The van der Waals surface area contributed by atoms with Crippen molar-refractivity contribution in [1.82, 2.24) is 4.90 Å². The monoisotopic (exact) mass is 285 g/mol. The number of carbonyl (C=O) groups is 1. The first-order chi connectivity index (χ1) is 9.13. The molecule has 2 rings (SSSR count). The van der Waals surface area contributed by atoms with Gasteiger partial charge in [-0.15, -0.1) is 0 Å². The van der Waals surface area contributed by atoms with Crippen molar-refractivity contribution >= 4 is 17.5 Å². The van der Waals surface area contributed by atoms with Gasteiger partial charge in [-0.05, 0) is 43.9 Å². The van der Waals surface area contributed by atoms with Crippen LogP contribution in [0.3, 0.4) is 0 Å². The van der Waals surface area contributed by atoms with E-state index in [2.05, 4.69) is 0 Å². The number of halogens is 2. The van der Waals surface area contributed by atoms with E-state index in [1.807, 2.05) is 0 Å². The van der Waals surface area contributed by atoms with Gasteiger partial charge in [0.25, 0.3) is 5.91 Å². The Hall–Kier alpha value is -1.13. The highest BCUT2D eigenvalue weighted by atomic mass is 35.5. The van der Waals surface area contributed by atoms with Crippen molar-refractivity contribution in [2.24, 2.45) is 0 Å². The van der Waals surface area contributed by atoms with Crippen LogP contribution in [0.4, 0.5) is 4.39 Å². The summed E-state index contributed by atoms with van der Waals surface area (Å²) >= 11 is 5.62. The standard InChI is InChI=1S/C14H17ClFNO2/c15-12-6-5-10(9-13(12)16)14(19)17(7-2-8-18)11-3-1-4-11/h5-6,9,11,18H,1-4,7-8H2. The minimum Gasteiger partial charge on any atom is -0.396 e. The number of hydrogen-bond donors (Lipinski definition) is 1. The number of aliphatic hydroxyl groups is 1. The van der Waals surface area contributed by atoms with Crippen LogP contribution in [0.1, 0.15) is 36.0 Å². The number of hydrogen-bond acceptors (Lipinski definition) is 2. The molecule has 0 aliphatic heterocycles. The molecule has 1 aromatic carbocycles. The molecule has 0 bridgehead atoms. The van der Waals surface area contributed by atoms with Gasteiger partial charge in [0.05, 0.1) is 5.02 Å². The first-order valence-corrected chi connectivity index (χ1v) is 6.88. The van der Waals surface area contributed by atoms with Crippen molar-refractivity contribution < 1.29 is 14.3 Å². The molecular weight excluding hydrogens is 269 g/mol. The Morgan fingerprint density at radius 2 is 2.21 bits per heavy atom. The molecule has 3 nitrogen and oxygen atoms in total. The van der Waals surface area contributed by atoms with Gasteiger partial charge in [0.2, 0.25) is 0 Å². The van der Waals surface area contributed by atoms with Crippen LogP contribution in [-0.2, 0) is 0 Å². The summed E-state index contributed by atoms with van der Waals surface area (Å²) in [6.07, 6.45) is 3.61. The molecule has 1 aliphatic carbocycles. The van der Waals surface area contributed by atoms with Crippen molar-refractivity contribution in [2.75, 3.05) is 13.2 Å². The summed E-state index contributed by atoms with van der Waals surface area (Å²) in [4.78, 5) is 14.1. The zero-order chi connectivity index (χ0) is 13.8. The van der Waals surface area contributed by atoms with Crippen LogP contribution in [0.25, 0.3) is 0 Å². The van der Waals surface area contributed by atoms with E-state index >= 15 is 0 Å². The second-order valence-electron chi connectivity index (χ2n) is 4.79. The van der Waals surface area contributed by atoms with Crippen LogP contribution in [0.15, 0.2) is 18.2 Å². The lowest BCUT2D eigenvalue weighted by Gasteiger charge is -2.37. The molecular formula is C14H17ClFNO2. The predicted molar refractivity (Wildman–Crippen MR) is 71.8 cm³/mol. The summed E-state index contributed by atoms with van der Waals surface area (Å²) in [6.45, 7) is 0.551. The fourth-order valence-corrected chi connectivity index (χ4v) is 2.30. The van der Waals surface area contributed by atoms with E-state index in [1.165, 1.54) is 12.1 Å². The molecule has 0 aromatic heterocycles. The number of aliphatic hydroxyl groups excluding tert-OH is 1. The molecule has 1 aliphatic rings. The largest absolute Gasteiger partial charge is 0.396 e. The maximum Gasteiger partial charge on any atom is 0.254 e. The lowest BCUT2D eigenvalue weighted by molar-refractivity contribution is 0.0562. The third-order valence-electron chi connectivity index (χ3n) is 3.50. The molecule has 0 spiro atoms. The molecule has 0 heterocycles. The van der Waals surface area contributed by atoms with Gasteiger partial charge < -0.3 is 10.0 Å². The zero-order valence-electron chi connectivity index (χ0n) is 10.6. The second kappa shape index (κ2) is 6.35. The molecule has 0 radical (unpaired) electrons. The number of rotatable bonds is 5. The number of nitrogens with zero attached hydrogens (tertiary/aromatic N) is 1. The molecule has 0 atom stereocenters. The van der Waals surface area contributed by atoms with Gasteiger partial charge in [0, 0.05) is 24.8 Å². The molecule has 1 saturated carbocycles. The number of carbonyl (C=O) groups excluding carboxylic acids is 1. The zero-order valence-corrected chi connectivity index (χ0v) is 11.4. The number of amides is 1. The quantitative estimate of drug-likeness (QED) is 0.904. The van der Waals surface area contributed by atoms with Gasteiger partial charge in [0.15, 0.2) is 0 Å². The summed E-state index contributed by atoms with van der Waals surface area (Å²) in [5.41, 5.74) is 0.312. The van der Waals surface area contributed by atoms with Gasteiger partial charge in [-0.1, -0.05) is 11.6 Å². The van der Waals surface area contributed by atoms with Crippen LogP contribution in [-0.4, -0.2) is 35.1 Å². The highest BCUT2D eigenvalue weighted by Crippen LogP contribution is 2.27. The fourth-order valence-electron chi connectivity index (χ4n) is 2.18. The van der Waals surface area contributed by atoms with Crippen LogP contribution in [0.5, 0.6) is 0 Å². The van der Waals surface area contributed by atoms with E-state index in [9.17, 15) is 9.18 Å². The van der Waals surface area contributed by atoms with Crippen molar-refractivity contribution in [3.05, 3.63) is 34.6 Å². The third-order valence-corrected chi connectivity index (χ3v) is 3.81. The predicted octanol–water partition coefficient (Wildman–Crippen LogP) is 2.86. The minimum atomic E-state index is -0.580. The summed E-state index contributed by atoms with van der Waals surface area (Å²) < 4.78 is 13.4. The van der Waals surface area contributed by atoms with E-state index in [1.54, 1.807) is 11.0 Å². The molecule has 104 valence electrons. The molecule has 5 heteroatoms. The lowest BCUT2D eigenvalue weighted by Crippen LogP contribution is -2.45. The molecule has 1 amide bonds. The first-order valence-electron chi connectivity index (χ1n) is 6.50. The van der Waals surface area contributed by atoms with Gasteiger partial charge in [0.1, 0.15) is 5.82 Å². The van der Waals surface area contributed by atoms with Crippen molar-refractivity contribution in [2.45, 2.75) is 31.7 Å². The van der Waals surface area contributed by atoms with Gasteiger partial charge in [-0.2, -0.15) is 0 Å². The topological polar surface area (TPSA) is 40.5 Å². The average molecular weight is 286 g/mol. The van der Waals surface area contributed by atoms with Gasteiger partial charge >= 0.3 is 0 Å². The van der Waals surface area contributed by atoms with Crippen LogP contribution >= 0.6 is 11.6 Å². The second-order valence-corrected chi connectivity index (χ2v) is 5.20. The maximum absolute atomic E-state index is 13.4.